The Labute approximate surface area is 130 Å². The summed E-state index contributed by atoms with van der Waals surface area (Å²) < 4.78 is 5.36. The number of carboxylic acids is 1. The number of hydrogen-bond acceptors (Lipinski definition) is 3. The van der Waals surface area contributed by atoms with Crippen molar-refractivity contribution in [3.63, 3.8) is 0 Å². The maximum absolute atomic E-state index is 10.5. The molecule has 1 aliphatic heterocycles. The molecule has 1 N–H and O–H groups in total. The monoisotopic (exact) mass is 311 g/mol. The Bertz CT molecular complexity index is 455. The highest BCUT2D eigenvalue weighted by Crippen LogP contribution is 2.19. The van der Waals surface area contributed by atoms with Gasteiger partial charge in [-0.1, -0.05) is 23.7 Å². The molecule has 0 saturated carbocycles. The Hall–Kier alpha value is -1.10. The number of piperidine rings is 1. The number of carbonyl (C=O) groups is 1. The molecule has 0 spiro atoms. The zero-order valence-corrected chi connectivity index (χ0v) is 13.1. The van der Waals surface area contributed by atoms with E-state index >= 15 is 0 Å². The SMILES string of the molecule is CC(Cc1ccc(Cl)cc1)N1CCC(OCC(=O)O)CC1. The lowest BCUT2D eigenvalue weighted by Gasteiger charge is -2.35. The molecule has 1 aromatic rings. The normalized spacial score (nSPS) is 18.6. The summed E-state index contributed by atoms with van der Waals surface area (Å²) in [5.74, 6) is -0.895. The van der Waals surface area contributed by atoms with Crippen molar-refractivity contribution in [3.05, 3.63) is 34.9 Å². The first-order valence-corrected chi connectivity index (χ1v) is 7.74. The lowest BCUT2D eigenvalue weighted by Crippen LogP contribution is -2.43. The number of hydrogen-bond donors (Lipinski definition) is 1. The standard InChI is InChI=1S/C16H22ClNO3/c1-12(10-13-2-4-14(17)5-3-13)18-8-6-15(7-9-18)21-11-16(19)20/h2-5,12,15H,6-11H2,1H3,(H,19,20). The summed E-state index contributed by atoms with van der Waals surface area (Å²) in [7, 11) is 0. The number of ether oxygens (including phenoxy) is 1. The molecule has 1 unspecified atom stereocenters. The molecule has 1 saturated heterocycles. The van der Waals surface area contributed by atoms with Gasteiger partial charge in [0.05, 0.1) is 6.10 Å². The summed E-state index contributed by atoms with van der Waals surface area (Å²) in [6, 6.07) is 8.46. The second kappa shape index (κ2) is 7.78. The average Bonchev–Trinajstić information content (AvgIpc) is 2.48. The largest absolute Gasteiger partial charge is 0.480 e. The summed E-state index contributed by atoms with van der Waals surface area (Å²) in [6.07, 6.45) is 2.88. The van der Waals surface area contributed by atoms with Crippen LogP contribution in [0.15, 0.2) is 24.3 Å². The van der Waals surface area contributed by atoms with E-state index in [2.05, 4.69) is 24.0 Å². The summed E-state index contributed by atoms with van der Waals surface area (Å²) in [4.78, 5) is 12.9. The summed E-state index contributed by atoms with van der Waals surface area (Å²) in [5, 5.41) is 9.39. The van der Waals surface area contributed by atoms with Crippen molar-refractivity contribution in [1.82, 2.24) is 4.90 Å². The van der Waals surface area contributed by atoms with Gasteiger partial charge in [-0.25, -0.2) is 4.79 Å². The lowest BCUT2D eigenvalue weighted by molar-refractivity contribution is -0.145. The highest BCUT2D eigenvalue weighted by molar-refractivity contribution is 6.30. The molecular weight excluding hydrogens is 290 g/mol. The van der Waals surface area contributed by atoms with E-state index in [1.165, 1.54) is 5.56 Å². The quantitative estimate of drug-likeness (QED) is 0.877. The van der Waals surface area contributed by atoms with Crippen LogP contribution in [0.3, 0.4) is 0 Å². The molecule has 1 aromatic carbocycles. The van der Waals surface area contributed by atoms with Crippen molar-refractivity contribution in [2.75, 3.05) is 19.7 Å². The summed E-state index contributed by atoms with van der Waals surface area (Å²) >= 11 is 5.90. The first-order valence-electron chi connectivity index (χ1n) is 7.36. The maximum Gasteiger partial charge on any atom is 0.329 e. The zero-order chi connectivity index (χ0) is 15.2. The van der Waals surface area contributed by atoms with Crippen LogP contribution in [0.1, 0.15) is 25.3 Å². The number of rotatable bonds is 6. The summed E-state index contributed by atoms with van der Waals surface area (Å²) in [5.41, 5.74) is 1.29. The van der Waals surface area contributed by atoms with E-state index in [9.17, 15) is 4.79 Å². The molecule has 0 radical (unpaired) electrons. The van der Waals surface area contributed by atoms with Crippen molar-refractivity contribution >= 4 is 17.6 Å². The predicted molar refractivity (Wildman–Crippen MR) is 82.8 cm³/mol. The average molecular weight is 312 g/mol. The van der Waals surface area contributed by atoms with Gasteiger partial charge in [0.2, 0.25) is 0 Å². The molecule has 5 heteroatoms. The molecule has 1 atom stereocenters. The van der Waals surface area contributed by atoms with E-state index in [1.807, 2.05) is 12.1 Å². The Kier molecular flexibility index (Phi) is 6.03. The number of benzene rings is 1. The highest BCUT2D eigenvalue weighted by atomic mass is 35.5. The Morgan fingerprint density at radius 3 is 2.57 bits per heavy atom. The van der Waals surface area contributed by atoms with Crippen molar-refractivity contribution in [3.8, 4) is 0 Å². The smallest absolute Gasteiger partial charge is 0.329 e. The third-order valence-corrected chi connectivity index (χ3v) is 4.24. The first kappa shape index (κ1) is 16.3. The molecule has 0 aliphatic carbocycles. The van der Waals surface area contributed by atoms with E-state index in [-0.39, 0.29) is 12.7 Å². The third kappa shape index (κ3) is 5.30. The van der Waals surface area contributed by atoms with E-state index in [4.69, 9.17) is 21.4 Å². The van der Waals surface area contributed by atoms with Crippen LogP contribution in [-0.4, -0.2) is 47.8 Å². The van der Waals surface area contributed by atoms with Crippen LogP contribution in [0.4, 0.5) is 0 Å². The van der Waals surface area contributed by atoms with Gasteiger partial charge >= 0.3 is 5.97 Å². The van der Waals surface area contributed by atoms with Crippen molar-refractivity contribution in [1.29, 1.82) is 0 Å². The minimum atomic E-state index is -0.895. The minimum Gasteiger partial charge on any atom is -0.480 e. The molecule has 116 valence electrons. The van der Waals surface area contributed by atoms with Gasteiger partial charge in [0.15, 0.2) is 0 Å². The van der Waals surface area contributed by atoms with E-state index < -0.39 is 5.97 Å². The molecule has 4 nitrogen and oxygen atoms in total. The van der Waals surface area contributed by atoms with Gasteiger partial charge in [-0.05, 0) is 43.9 Å². The molecule has 0 amide bonds. The third-order valence-electron chi connectivity index (χ3n) is 3.99. The number of likely N-dealkylation sites (tertiary alicyclic amines) is 1. The van der Waals surface area contributed by atoms with Crippen LogP contribution in [0.25, 0.3) is 0 Å². The van der Waals surface area contributed by atoms with E-state index in [0.29, 0.717) is 6.04 Å². The van der Waals surface area contributed by atoms with Gasteiger partial charge in [-0.2, -0.15) is 0 Å². The van der Waals surface area contributed by atoms with Gasteiger partial charge in [0, 0.05) is 24.2 Å². The van der Waals surface area contributed by atoms with Gasteiger partial charge in [-0.3, -0.25) is 0 Å². The van der Waals surface area contributed by atoms with Gasteiger partial charge < -0.3 is 14.7 Å². The highest BCUT2D eigenvalue weighted by Gasteiger charge is 2.23. The maximum atomic E-state index is 10.5. The summed E-state index contributed by atoms with van der Waals surface area (Å²) in [6.45, 7) is 3.95. The molecule has 0 aromatic heterocycles. The predicted octanol–water partition coefficient (Wildman–Crippen LogP) is 2.84. The number of aliphatic carboxylic acids is 1. The van der Waals surface area contributed by atoms with Gasteiger partial charge in [0.1, 0.15) is 6.61 Å². The Morgan fingerprint density at radius 1 is 1.38 bits per heavy atom. The van der Waals surface area contributed by atoms with Crippen molar-refractivity contribution in [2.24, 2.45) is 0 Å². The second-order valence-corrected chi connectivity index (χ2v) is 6.06. The zero-order valence-electron chi connectivity index (χ0n) is 12.3. The number of carboxylic acid groups (broad SMARTS) is 1. The lowest BCUT2D eigenvalue weighted by atomic mass is 10.0. The first-order chi connectivity index (χ1) is 10.0. The second-order valence-electron chi connectivity index (χ2n) is 5.62. The molecule has 0 bridgehead atoms. The Morgan fingerprint density at radius 2 is 2.00 bits per heavy atom. The Balaban J connectivity index is 1.76. The molecule has 2 rings (SSSR count). The van der Waals surface area contributed by atoms with E-state index in [1.54, 1.807) is 0 Å². The van der Waals surface area contributed by atoms with Crippen molar-refractivity contribution in [2.45, 2.75) is 38.3 Å². The van der Waals surface area contributed by atoms with Crippen LogP contribution in [-0.2, 0) is 16.0 Å². The van der Waals surface area contributed by atoms with Crippen LogP contribution < -0.4 is 0 Å². The number of nitrogens with zero attached hydrogens (tertiary/aromatic N) is 1. The van der Waals surface area contributed by atoms with Gasteiger partial charge in [0.25, 0.3) is 0 Å². The molecule has 21 heavy (non-hydrogen) atoms. The fraction of sp³-hybridized carbons (Fsp3) is 0.562. The molecule has 1 heterocycles. The molecule has 1 aliphatic rings. The van der Waals surface area contributed by atoms with Gasteiger partial charge in [-0.15, -0.1) is 0 Å². The fourth-order valence-corrected chi connectivity index (χ4v) is 2.89. The van der Waals surface area contributed by atoms with Crippen LogP contribution in [0.5, 0.6) is 0 Å². The fourth-order valence-electron chi connectivity index (χ4n) is 2.76. The molecular formula is C16H22ClNO3. The number of halogens is 1. The van der Waals surface area contributed by atoms with E-state index in [0.717, 1.165) is 37.4 Å². The van der Waals surface area contributed by atoms with Crippen LogP contribution >= 0.6 is 11.6 Å². The minimum absolute atomic E-state index is 0.0834. The van der Waals surface area contributed by atoms with Crippen molar-refractivity contribution < 1.29 is 14.6 Å². The van der Waals surface area contributed by atoms with Crippen LogP contribution in [0.2, 0.25) is 5.02 Å². The molecule has 1 fully saturated rings. The topological polar surface area (TPSA) is 49.8 Å². The van der Waals surface area contributed by atoms with Crippen LogP contribution in [0, 0.1) is 0 Å².